The Hall–Kier alpha value is -2.72. The van der Waals surface area contributed by atoms with Crippen LogP contribution in [0, 0.1) is 0 Å². The second kappa shape index (κ2) is 7.03. The summed E-state index contributed by atoms with van der Waals surface area (Å²) in [6, 6.07) is 20.2. The number of carbonyl (C=O) groups excluding carboxylic acids is 1. The maximum atomic E-state index is 12.3. The molecule has 23 heavy (non-hydrogen) atoms. The van der Waals surface area contributed by atoms with Crippen LogP contribution in [0.1, 0.15) is 21.6 Å². The zero-order valence-electron chi connectivity index (χ0n) is 12.2. The van der Waals surface area contributed by atoms with Crippen molar-refractivity contribution in [1.82, 2.24) is 10.2 Å². The zero-order valence-corrected chi connectivity index (χ0v) is 13.0. The van der Waals surface area contributed by atoms with Crippen molar-refractivity contribution in [2.75, 3.05) is 5.32 Å². The van der Waals surface area contributed by atoms with E-state index in [-0.39, 0.29) is 11.5 Å². The largest absolute Gasteiger partial charge is 0.365 e. The fourth-order valence-electron chi connectivity index (χ4n) is 2.11. The number of ketones is 1. The van der Waals surface area contributed by atoms with Crippen LogP contribution in [-0.2, 0) is 6.54 Å². The fourth-order valence-corrected chi connectivity index (χ4v) is 2.30. The number of rotatable bonds is 5. The molecular weight excluding hydrogens is 310 g/mol. The summed E-state index contributed by atoms with van der Waals surface area (Å²) in [7, 11) is 0. The summed E-state index contributed by atoms with van der Waals surface area (Å²) in [5, 5.41) is 11.7. The highest BCUT2D eigenvalue weighted by Crippen LogP contribution is 2.14. The average molecular weight is 324 g/mol. The van der Waals surface area contributed by atoms with Crippen molar-refractivity contribution < 1.29 is 4.79 Å². The minimum absolute atomic E-state index is 0.199. The van der Waals surface area contributed by atoms with Crippen molar-refractivity contribution in [1.29, 1.82) is 0 Å². The molecule has 114 valence electrons. The Labute approximate surface area is 139 Å². The number of halogens is 1. The van der Waals surface area contributed by atoms with Crippen LogP contribution in [0.4, 0.5) is 5.82 Å². The van der Waals surface area contributed by atoms with E-state index >= 15 is 0 Å². The molecule has 0 saturated heterocycles. The molecule has 0 aliphatic carbocycles. The van der Waals surface area contributed by atoms with E-state index in [1.54, 1.807) is 36.4 Å². The first-order valence-electron chi connectivity index (χ1n) is 7.14. The number of anilines is 1. The lowest BCUT2D eigenvalue weighted by atomic mass is 10.1. The highest BCUT2D eigenvalue weighted by atomic mass is 35.5. The Morgan fingerprint density at radius 1 is 0.957 bits per heavy atom. The van der Waals surface area contributed by atoms with Gasteiger partial charge in [-0.05, 0) is 29.8 Å². The van der Waals surface area contributed by atoms with Crippen molar-refractivity contribution >= 4 is 23.2 Å². The van der Waals surface area contributed by atoms with Gasteiger partial charge in [-0.1, -0.05) is 54.1 Å². The van der Waals surface area contributed by atoms with Gasteiger partial charge in [-0.25, -0.2) is 0 Å². The molecule has 0 aliphatic rings. The third kappa shape index (κ3) is 3.93. The van der Waals surface area contributed by atoms with Gasteiger partial charge >= 0.3 is 0 Å². The summed E-state index contributed by atoms with van der Waals surface area (Å²) < 4.78 is 0. The molecule has 0 unspecified atom stereocenters. The highest BCUT2D eigenvalue weighted by molar-refractivity contribution is 6.31. The molecule has 0 bridgehead atoms. The summed E-state index contributed by atoms with van der Waals surface area (Å²) >= 11 is 5.90. The predicted molar refractivity (Wildman–Crippen MR) is 90.7 cm³/mol. The summed E-state index contributed by atoms with van der Waals surface area (Å²) in [4.78, 5) is 12.3. The van der Waals surface area contributed by atoms with Crippen LogP contribution in [0.25, 0.3) is 0 Å². The molecule has 3 aromatic rings. The van der Waals surface area contributed by atoms with Crippen LogP contribution in [-0.4, -0.2) is 16.0 Å². The van der Waals surface area contributed by atoms with Crippen LogP contribution in [0.2, 0.25) is 5.02 Å². The lowest BCUT2D eigenvalue weighted by molar-refractivity contribution is 0.103. The molecule has 1 aromatic heterocycles. The summed E-state index contributed by atoms with van der Waals surface area (Å²) in [5.74, 6) is 0.422. The maximum Gasteiger partial charge on any atom is 0.213 e. The van der Waals surface area contributed by atoms with Gasteiger partial charge in [-0.2, -0.15) is 0 Å². The first kappa shape index (κ1) is 15.2. The Bertz CT molecular complexity index is 804. The van der Waals surface area contributed by atoms with Gasteiger partial charge in [0.2, 0.25) is 5.78 Å². The first-order valence-corrected chi connectivity index (χ1v) is 7.52. The number of hydrogen-bond acceptors (Lipinski definition) is 4. The van der Waals surface area contributed by atoms with E-state index in [1.807, 2.05) is 30.3 Å². The number of benzene rings is 2. The molecule has 0 saturated carbocycles. The van der Waals surface area contributed by atoms with Crippen LogP contribution >= 0.6 is 11.6 Å². The lowest BCUT2D eigenvalue weighted by Gasteiger charge is -2.05. The zero-order chi connectivity index (χ0) is 16.1. The number of aromatic nitrogens is 2. The molecular formula is C18H14ClN3O. The van der Waals surface area contributed by atoms with Crippen molar-refractivity contribution in [2.45, 2.75) is 6.54 Å². The predicted octanol–water partition coefficient (Wildman–Crippen LogP) is 3.97. The van der Waals surface area contributed by atoms with E-state index < -0.39 is 0 Å². The number of nitrogens with one attached hydrogen (secondary N) is 1. The molecule has 5 heteroatoms. The van der Waals surface area contributed by atoms with E-state index in [0.717, 1.165) is 5.56 Å². The van der Waals surface area contributed by atoms with Crippen molar-refractivity contribution in [3.63, 3.8) is 0 Å². The molecule has 1 heterocycles. The van der Waals surface area contributed by atoms with Crippen molar-refractivity contribution in [3.8, 4) is 0 Å². The van der Waals surface area contributed by atoms with Gasteiger partial charge in [0.15, 0.2) is 0 Å². The fraction of sp³-hybridized carbons (Fsp3) is 0.0556. The third-order valence-electron chi connectivity index (χ3n) is 3.30. The second-order valence-electron chi connectivity index (χ2n) is 4.98. The SMILES string of the molecule is O=C(c1cccc(Cl)c1)c1ccc(NCc2ccccc2)nn1. The maximum absolute atomic E-state index is 12.3. The average Bonchev–Trinajstić information content (AvgIpc) is 2.61. The minimum Gasteiger partial charge on any atom is -0.365 e. The molecule has 0 spiro atoms. The smallest absolute Gasteiger partial charge is 0.213 e. The van der Waals surface area contributed by atoms with Gasteiger partial charge in [-0.3, -0.25) is 4.79 Å². The van der Waals surface area contributed by atoms with Crippen LogP contribution in [0.3, 0.4) is 0 Å². The monoisotopic (exact) mass is 323 g/mol. The first-order chi connectivity index (χ1) is 11.2. The van der Waals surface area contributed by atoms with Gasteiger partial charge < -0.3 is 5.32 Å². The second-order valence-corrected chi connectivity index (χ2v) is 5.42. The molecule has 0 radical (unpaired) electrons. The molecule has 0 atom stereocenters. The summed E-state index contributed by atoms with van der Waals surface area (Å²) in [6.07, 6.45) is 0. The molecule has 2 aromatic carbocycles. The van der Waals surface area contributed by atoms with Gasteiger partial charge in [0.1, 0.15) is 11.5 Å². The number of hydrogen-bond donors (Lipinski definition) is 1. The van der Waals surface area contributed by atoms with E-state index in [4.69, 9.17) is 11.6 Å². The summed E-state index contributed by atoms with van der Waals surface area (Å²) in [6.45, 7) is 0.650. The van der Waals surface area contributed by atoms with E-state index in [2.05, 4.69) is 15.5 Å². The standard InChI is InChI=1S/C18H14ClN3O/c19-15-8-4-7-14(11-15)18(23)16-9-10-17(22-21-16)20-12-13-5-2-1-3-6-13/h1-11H,12H2,(H,20,22). The van der Waals surface area contributed by atoms with Gasteiger partial charge in [0.25, 0.3) is 0 Å². The minimum atomic E-state index is -0.199. The third-order valence-corrected chi connectivity index (χ3v) is 3.54. The van der Waals surface area contributed by atoms with E-state index in [9.17, 15) is 4.79 Å². The highest BCUT2D eigenvalue weighted by Gasteiger charge is 2.11. The molecule has 0 amide bonds. The molecule has 0 aliphatic heterocycles. The molecule has 4 nitrogen and oxygen atoms in total. The number of carbonyl (C=O) groups is 1. The topological polar surface area (TPSA) is 54.9 Å². The Morgan fingerprint density at radius 3 is 2.48 bits per heavy atom. The summed E-state index contributed by atoms with van der Waals surface area (Å²) in [5.41, 5.74) is 1.93. The van der Waals surface area contributed by atoms with Crippen LogP contribution < -0.4 is 5.32 Å². The van der Waals surface area contributed by atoms with Crippen molar-refractivity contribution in [2.24, 2.45) is 0 Å². The molecule has 0 fully saturated rings. The van der Waals surface area contributed by atoms with Crippen molar-refractivity contribution in [3.05, 3.63) is 88.6 Å². The Morgan fingerprint density at radius 2 is 1.78 bits per heavy atom. The Balaban J connectivity index is 1.68. The van der Waals surface area contributed by atoms with Gasteiger partial charge in [0.05, 0.1) is 0 Å². The number of nitrogens with zero attached hydrogens (tertiary/aromatic N) is 2. The van der Waals surface area contributed by atoms with Crippen LogP contribution in [0.5, 0.6) is 0 Å². The lowest BCUT2D eigenvalue weighted by Crippen LogP contribution is -2.08. The van der Waals surface area contributed by atoms with Gasteiger partial charge in [0, 0.05) is 17.1 Å². The van der Waals surface area contributed by atoms with E-state index in [1.165, 1.54) is 0 Å². The van der Waals surface area contributed by atoms with E-state index in [0.29, 0.717) is 22.9 Å². The Kier molecular flexibility index (Phi) is 4.64. The quantitative estimate of drug-likeness (QED) is 0.722. The van der Waals surface area contributed by atoms with Gasteiger partial charge in [-0.15, -0.1) is 10.2 Å². The molecule has 1 N–H and O–H groups in total. The van der Waals surface area contributed by atoms with Crippen LogP contribution in [0.15, 0.2) is 66.7 Å². The molecule has 3 rings (SSSR count). The normalized spacial score (nSPS) is 10.3.